The average molecular weight is 184 g/mol. The molecule has 0 bridgehead atoms. The molecular formula is C10H20N2O. The summed E-state index contributed by atoms with van der Waals surface area (Å²) < 4.78 is 0. The van der Waals surface area contributed by atoms with Crippen molar-refractivity contribution < 1.29 is 4.79 Å². The van der Waals surface area contributed by atoms with Crippen LogP contribution in [-0.4, -0.2) is 37.5 Å². The van der Waals surface area contributed by atoms with Crippen LogP contribution in [0.3, 0.4) is 0 Å². The number of rotatable bonds is 4. The lowest BCUT2D eigenvalue weighted by molar-refractivity contribution is -0.122. The van der Waals surface area contributed by atoms with Crippen molar-refractivity contribution in [1.82, 2.24) is 10.2 Å². The fraction of sp³-hybridized carbons (Fsp3) is 0.900. The quantitative estimate of drug-likeness (QED) is 0.702. The summed E-state index contributed by atoms with van der Waals surface area (Å²) in [5.74, 6) is 0.977. The predicted octanol–water partition coefficient (Wildman–Crippen LogP) is 0.853. The Morgan fingerprint density at radius 3 is 2.54 bits per heavy atom. The molecule has 0 aromatic heterocycles. The van der Waals surface area contributed by atoms with Gasteiger partial charge in [0, 0.05) is 19.0 Å². The highest BCUT2D eigenvalue weighted by Gasteiger charge is 2.29. The van der Waals surface area contributed by atoms with E-state index in [0.717, 1.165) is 25.3 Å². The first-order valence-corrected chi connectivity index (χ1v) is 5.06. The van der Waals surface area contributed by atoms with Gasteiger partial charge in [0.25, 0.3) is 0 Å². The SMILES string of the molecule is CCC(=O)NC1CC(CN(C)C)C1. The van der Waals surface area contributed by atoms with Crippen molar-refractivity contribution in [2.24, 2.45) is 5.92 Å². The minimum atomic E-state index is 0.188. The Morgan fingerprint density at radius 1 is 1.46 bits per heavy atom. The van der Waals surface area contributed by atoms with Gasteiger partial charge in [-0.15, -0.1) is 0 Å². The Labute approximate surface area is 80.5 Å². The minimum Gasteiger partial charge on any atom is -0.353 e. The van der Waals surface area contributed by atoms with Crippen LogP contribution in [0.2, 0.25) is 0 Å². The van der Waals surface area contributed by atoms with Gasteiger partial charge in [-0.2, -0.15) is 0 Å². The average Bonchev–Trinajstić information content (AvgIpc) is 1.99. The van der Waals surface area contributed by atoms with Crippen LogP contribution in [0.1, 0.15) is 26.2 Å². The number of hydrogen-bond acceptors (Lipinski definition) is 2. The van der Waals surface area contributed by atoms with Gasteiger partial charge in [-0.3, -0.25) is 4.79 Å². The molecule has 1 rings (SSSR count). The van der Waals surface area contributed by atoms with Gasteiger partial charge in [-0.05, 0) is 32.9 Å². The van der Waals surface area contributed by atoms with Crippen molar-refractivity contribution in [2.75, 3.05) is 20.6 Å². The Balaban J connectivity index is 2.08. The molecule has 1 saturated carbocycles. The van der Waals surface area contributed by atoms with E-state index < -0.39 is 0 Å². The van der Waals surface area contributed by atoms with Crippen molar-refractivity contribution in [1.29, 1.82) is 0 Å². The summed E-state index contributed by atoms with van der Waals surface area (Å²) in [5, 5.41) is 3.01. The van der Waals surface area contributed by atoms with Crippen molar-refractivity contribution >= 4 is 5.91 Å². The van der Waals surface area contributed by atoms with Gasteiger partial charge in [0.1, 0.15) is 0 Å². The fourth-order valence-corrected chi connectivity index (χ4v) is 1.85. The molecule has 0 radical (unpaired) electrons. The highest BCUT2D eigenvalue weighted by atomic mass is 16.1. The molecule has 3 heteroatoms. The molecule has 1 N–H and O–H groups in total. The lowest BCUT2D eigenvalue weighted by Crippen LogP contribution is -2.46. The van der Waals surface area contributed by atoms with Gasteiger partial charge >= 0.3 is 0 Å². The summed E-state index contributed by atoms with van der Waals surface area (Å²) in [5.41, 5.74) is 0. The third-order valence-corrected chi connectivity index (χ3v) is 2.55. The molecule has 13 heavy (non-hydrogen) atoms. The maximum Gasteiger partial charge on any atom is 0.219 e. The van der Waals surface area contributed by atoms with Gasteiger partial charge in [0.2, 0.25) is 5.91 Å². The molecule has 0 aromatic rings. The molecule has 0 atom stereocenters. The number of carbonyl (C=O) groups is 1. The number of carbonyl (C=O) groups excluding carboxylic acids is 1. The van der Waals surface area contributed by atoms with Gasteiger partial charge in [-0.25, -0.2) is 0 Å². The van der Waals surface area contributed by atoms with E-state index >= 15 is 0 Å². The summed E-state index contributed by atoms with van der Waals surface area (Å²) in [6.07, 6.45) is 2.92. The van der Waals surface area contributed by atoms with E-state index in [-0.39, 0.29) is 5.91 Å². The largest absolute Gasteiger partial charge is 0.353 e. The van der Waals surface area contributed by atoms with Crippen molar-refractivity contribution in [3.63, 3.8) is 0 Å². The van der Waals surface area contributed by atoms with Crippen molar-refractivity contribution in [2.45, 2.75) is 32.2 Å². The summed E-state index contributed by atoms with van der Waals surface area (Å²) in [7, 11) is 4.19. The smallest absolute Gasteiger partial charge is 0.219 e. The summed E-state index contributed by atoms with van der Waals surface area (Å²) >= 11 is 0. The van der Waals surface area contributed by atoms with Crippen LogP contribution in [0.5, 0.6) is 0 Å². The lowest BCUT2D eigenvalue weighted by Gasteiger charge is -2.37. The second kappa shape index (κ2) is 4.61. The first kappa shape index (κ1) is 10.5. The molecule has 0 unspecified atom stereocenters. The monoisotopic (exact) mass is 184 g/mol. The first-order valence-electron chi connectivity index (χ1n) is 5.06. The predicted molar refractivity (Wildman–Crippen MR) is 53.5 cm³/mol. The molecule has 0 spiro atoms. The molecule has 1 aliphatic rings. The van der Waals surface area contributed by atoms with Crippen molar-refractivity contribution in [3.05, 3.63) is 0 Å². The number of amides is 1. The number of nitrogens with zero attached hydrogens (tertiary/aromatic N) is 1. The molecule has 1 amide bonds. The van der Waals surface area contributed by atoms with Crippen LogP contribution in [0.4, 0.5) is 0 Å². The minimum absolute atomic E-state index is 0.188. The zero-order valence-electron chi connectivity index (χ0n) is 8.84. The zero-order valence-corrected chi connectivity index (χ0v) is 8.84. The highest BCUT2D eigenvalue weighted by Crippen LogP contribution is 2.27. The Bertz CT molecular complexity index is 174. The van der Waals surface area contributed by atoms with E-state index in [9.17, 15) is 4.79 Å². The van der Waals surface area contributed by atoms with E-state index in [0.29, 0.717) is 12.5 Å². The third-order valence-electron chi connectivity index (χ3n) is 2.55. The Kier molecular flexibility index (Phi) is 3.72. The summed E-state index contributed by atoms with van der Waals surface area (Å²) in [4.78, 5) is 13.2. The fourth-order valence-electron chi connectivity index (χ4n) is 1.85. The maximum absolute atomic E-state index is 11.0. The van der Waals surface area contributed by atoms with E-state index in [2.05, 4.69) is 24.3 Å². The first-order chi connectivity index (χ1) is 6.11. The number of hydrogen-bond donors (Lipinski definition) is 1. The second-order valence-corrected chi connectivity index (χ2v) is 4.22. The molecular weight excluding hydrogens is 164 g/mol. The maximum atomic E-state index is 11.0. The highest BCUT2D eigenvalue weighted by molar-refractivity contribution is 5.75. The van der Waals surface area contributed by atoms with Gasteiger partial charge in [0.15, 0.2) is 0 Å². The van der Waals surface area contributed by atoms with Crippen LogP contribution in [0.15, 0.2) is 0 Å². The normalized spacial score (nSPS) is 27.1. The third kappa shape index (κ3) is 3.35. The van der Waals surface area contributed by atoms with E-state index in [1.807, 2.05) is 6.92 Å². The molecule has 0 saturated heterocycles. The molecule has 76 valence electrons. The van der Waals surface area contributed by atoms with Crippen molar-refractivity contribution in [3.8, 4) is 0 Å². The van der Waals surface area contributed by atoms with E-state index in [1.165, 1.54) is 0 Å². The molecule has 1 fully saturated rings. The van der Waals surface area contributed by atoms with E-state index in [1.54, 1.807) is 0 Å². The summed E-state index contributed by atoms with van der Waals surface area (Å²) in [6, 6.07) is 0.456. The van der Waals surface area contributed by atoms with Crippen LogP contribution < -0.4 is 5.32 Å². The molecule has 0 aliphatic heterocycles. The molecule has 0 aromatic carbocycles. The Hall–Kier alpha value is -0.570. The molecule has 3 nitrogen and oxygen atoms in total. The molecule has 0 heterocycles. The van der Waals surface area contributed by atoms with Crippen LogP contribution in [0.25, 0.3) is 0 Å². The topological polar surface area (TPSA) is 32.3 Å². The van der Waals surface area contributed by atoms with E-state index in [4.69, 9.17) is 0 Å². The zero-order chi connectivity index (χ0) is 9.84. The molecule has 1 aliphatic carbocycles. The standard InChI is InChI=1S/C10H20N2O/c1-4-10(13)11-9-5-8(6-9)7-12(2)3/h8-9H,4-7H2,1-3H3,(H,11,13). The Morgan fingerprint density at radius 2 is 2.08 bits per heavy atom. The van der Waals surface area contributed by atoms with Gasteiger partial charge < -0.3 is 10.2 Å². The van der Waals surface area contributed by atoms with Gasteiger partial charge in [-0.1, -0.05) is 6.92 Å². The second-order valence-electron chi connectivity index (χ2n) is 4.22. The van der Waals surface area contributed by atoms with Gasteiger partial charge in [0.05, 0.1) is 0 Å². The van der Waals surface area contributed by atoms with Crippen LogP contribution >= 0.6 is 0 Å². The van der Waals surface area contributed by atoms with Crippen LogP contribution in [0, 0.1) is 5.92 Å². The summed E-state index contributed by atoms with van der Waals surface area (Å²) in [6.45, 7) is 3.05. The number of nitrogens with one attached hydrogen (secondary N) is 1. The van der Waals surface area contributed by atoms with Crippen LogP contribution in [-0.2, 0) is 4.79 Å². The lowest BCUT2D eigenvalue weighted by atomic mass is 9.80.